The number of anilines is 1. The topological polar surface area (TPSA) is 61.4 Å². The summed E-state index contributed by atoms with van der Waals surface area (Å²) in [4.78, 5) is 27.2. The molecule has 1 aliphatic heterocycles. The number of hydrogen-bond acceptors (Lipinski definition) is 2. The number of hydrogen-bond donors (Lipinski definition) is 2. The average Bonchev–Trinajstić information content (AvgIpc) is 2.69. The molecule has 1 atom stereocenters. The molecule has 0 saturated carbocycles. The van der Waals surface area contributed by atoms with Crippen LogP contribution in [0.15, 0.2) is 42.5 Å². The monoisotopic (exact) mass is 417 g/mol. The molecule has 1 fully saturated rings. The Kier molecular flexibility index (Phi) is 6.42. The molecule has 0 radical (unpaired) electrons. The number of benzene rings is 2. The largest absolute Gasteiger partial charge is 0.351 e. The molecular formula is C22H25ClFN3O2. The Morgan fingerprint density at radius 1 is 1.21 bits per heavy atom. The number of piperidine rings is 1. The minimum Gasteiger partial charge on any atom is -0.351 e. The predicted octanol–water partition coefficient (Wildman–Crippen LogP) is 4.74. The highest BCUT2D eigenvalue weighted by molar-refractivity contribution is 6.33. The molecule has 0 aromatic heterocycles. The van der Waals surface area contributed by atoms with E-state index < -0.39 is 5.41 Å². The van der Waals surface area contributed by atoms with E-state index in [-0.39, 0.29) is 17.8 Å². The van der Waals surface area contributed by atoms with Crippen LogP contribution in [0.3, 0.4) is 0 Å². The van der Waals surface area contributed by atoms with E-state index in [0.717, 1.165) is 17.5 Å². The Bertz CT molecular complexity index is 903. The van der Waals surface area contributed by atoms with Gasteiger partial charge in [0, 0.05) is 19.6 Å². The van der Waals surface area contributed by atoms with Gasteiger partial charge in [-0.2, -0.15) is 0 Å². The number of halogens is 2. The zero-order valence-electron chi connectivity index (χ0n) is 16.6. The number of urea groups is 1. The lowest BCUT2D eigenvalue weighted by Gasteiger charge is -2.39. The first-order chi connectivity index (χ1) is 13.8. The summed E-state index contributed by atoms with van der Waals surface area (Å²) in [6.07, 6.45) is 1.42. The summed E-state index contributed by atoms with van der Waals surface area (Å²) in [7, 11) is 0. The number of rotatable bonds is 4. The number of nitrogens with one attached hydrogen (secondary N) is 2. The van der Waals surface area contributed by atoms with Gasteiger partial charge in [-0.3, -0.25) is 4.79 Å². The van der Waals surface area contributed by atoms with Gasteiger partial charge in [-0.15, -0.1) is 0 Å². The second-order valence-corrected chi connectivity index (χ2v) is 8.22. The third-order valence-electron chi connectivity index (χ3n) is 5.26. The number of carbonyl (C=O) groups is 2. The maximum absolute atomic E-state index is 13.0. The number of amides is 3. The fourth-order valence-electron chi connectivity index (χ4n) is 3.51. The highest BCUT2D eigenvalue weighted by Gasteiger charge is 2.39. The summed E-state index contributed by atoms with van der Waals surface area (Å²) in [6.45, 7) is 5.01. The van der Waals surface area contributed by atoms with Crippen molar-refractivity contribution in [3.8, 4) is 0 Å². The molecule has 0 bridgehead atoms. The summed E-state index contributed by atoms with van der Waals surface area (Å²) in [5.41, 5.74) is 1.70. The molecule has 1 aliphatic rings. The lowest BCUT2D eigenvalue weighted by Crippen LogP contribution is -2.52. The molecule has 3 amide bonds. The molecule has 2 aromatic carbocycles. The van der Waals surface area contributed by atoms with Crippen LogP contribution in [-0.2, 0) is 11.3 Å². The van der Waals surface area contributed by atoms with E-state index in [1.165, 1.54) is 12.1 Å². The van der Waals surface area contributed by atoms with E-state index in [1.54, 1.807) is 29.2 Å². The van der Waals surface area contributed by atoms with E-state index in [4.69, 9.17) is 11.6 Å². The zero-order chi connectivity index (χ0) is 21.0. The molecule has 1 heterocycles. The normalized spacial score (nSPS) is 19.0. The van der Waals surface area contributed by atoms with Gasteiger partial charge in [0.25, 0.3) is 0 Å². The van der Waals surface area contributed by atoms with Crippen LogP contribution in [0.2, 0.25) is 5.02 Å². The Hall–Kier alpha value is -2.60. The molecule has 5 nitrogen and oxygen atoms in total. The summed E-state index contributed by atoms with van der Waals surface area (Å²) in [6, 6.07) is 11.2. The van der Waals surface area contributed by atoms with Gasteiger partial charge >= 0.3 is 6.03 Å². The van der Waals surface area contributed by atoms with Gasteiger partial charge in [0.2, 0.25) is 5.91 Å². The van der Waals surface area contributed by atoms with Crippen LogP contribution in [0.1, 0.15) is 30.9 Å². The lowest BCUT2D eigenvalue weighted by atomic mass is 9.81. The molecule has 2 aromatic rings. The van der Waals surface area contributed by atoms with E-state index in [9.17, 15) is 14.0 Å². The van der Waals surface area contributed by atoms with Crippen molar-refractivity contribution in [1.29, 1.82) is 0 Å². The minimum atomic E-state index is -0.688. The molecule has 1 saturated heterocycles. The fraction of sp³-hybridized carbons (Fsp3) is 0.364. The number of aryl methyl sites for hydroxylation is 1. The Morgan fingerprint density at radius 2 is 1.93 bits per heavy atom. The van der Waals surface area contributed by atoms with Crippen LogP contribution >= 0.6 is 11.6 Å². The molecular weight excluding hydrogens is 393 g/mol. The Balaban J connectivity index is 1.60. The molecule has 29 heavy (non-hydrogen) atoms. The molecule has 0 spiro atoms. The first kappa shape index (κ1) is 21.1. The van der Waals surface area contributed by atoms with Crippen molar-refractivity contribution in [2.75, 3.05) is 18.4 Å². The standard InChI is InChI=1S/C22H25ClFN3O2/c1-15-4-9-19(18(23)12-15)26-21(29)27-11-3-10-22(2,14-27)20(28)25-13-16-5-7-17(24)8-6-16/h4-9,12H,3,10-11,13-14H2,1-2H3,(H,25,28)(H,26,29)/t22-/m0/s1. The maximum atomic E-state index is 13.0. The molecule has 0 aliphatic carbocycles. The quantitative estimate of drug-likeness (QED) is 0.754. The van der Waals surface area contributed by atoms with Crippen LogP contribution in [0.4, 0.5) is 14.9 Å². The maximum Gasteiger partial charge on any atom is 0.321 e. The predicted molar refractivity (Wildman–Crippen MR) is 112 cm³/mol. The fourth-order valence-corrected chi connectivity index (χ4v) is 3.79. The van der Waals surface area contributed by atoms with E-state index in [1.807, 2.05) is 19.9 Å². The summed E-state index contributed by atoms with van der Waals surface area (Å²) in [5.74, 6) is -0.428. The lowest BCUT2D eigenvalue weighted by molar-refractivity contribution is -0.132. The molecule has 0 unspecified atom stereocenters. The van der Waals surface area contributed by atoms with Crippen molar-refractivity contribution in [1.82, 2.24) is 10.2 Å². The first-order valence-corrected chi connectivity index (χ1v) is 9.99. The summed E-state index contributed by atoms with van der Waals surface area (Å²) >= 11 is 6.21. The number of likely N-dealkylation sites (tertiary alicyclic amines) is 1. The highest BCUT2D eigenvalue weighted by atomic mass is 35.5. The number of carbonyl (C=O) groups excluding carboxylic acids is 2. The smallest absolute Gasteiger partial charge is 0.321 e. The van der Waals surface area contributed by atoms with Crippen molar-refractivity contribution in [2.24, 2.45) is 5.41 Å². The van der Waals surface area contributed by atoms with Crippen molar-refractivity contribution in [3.63, 3.8) is 0 Å². The van der Waals surface area contributed by atoms with Crippen LogP contribution in [0.5, 0.6) is 0 Å². The van der Waals surface area contributed by atoms with Gasteiger partial charge < -0.3 is 15.5 Å². The van der Waals surface area contributed by atoms with Gasteiger partial charge in [-0.1, -0.05) is 29.8 Å². The van der Waals surface area contributed by atoms with E-state index >= 15 is 0 Å². The Morgan fingerprint density at radius 3 is 2.62 bits per heavy atom. The second kappa shape index (κ2) is 8.82. The van der Waals surface area contributed by atoms with Gasteiger partial charge in [-0.05, 0) is 62.1 Å². The van der Waals surface area contributed by atoms with Crippen molar-refractivity contribution in [2.45, 2.75) is 33.2 Å². The minimum absolute atomic E-state index is 0.118. The van der Waals surface area contributed by atoms with Gasteiger partial charge in [0.1, 0.15) is 5.82 Å². The molecule has 7 heteroatoms. The van der Waals surface area contributed by atoms with Gasteiger partial charge in [0.15, 0.2) is 0 Å². The van der Waals surface area contributed by atoms with E-state index in [0.29, 0.717) is 36.8 Å². The third-order valence-corrected chi connectivity index (χ3v) is 5.58. The van der Waals surface area contributed by atoms with Crippen molar-refractivity contribution >= 4 is 29.2 Å². The van der Waals surface area contributed by atoms with Crippen LogP contribution in [0.25, 0.3) is 0 Å². The second-order valence-electron chi connectivity index (χ2n) is 7.81. The SMILES string of the molecule is Cc1ccc(NC(=O)N2CCC[C@](C)(C(=O)NCc3ccc(F)cc3)C2)c(Cl)c1. The zero-order valence-corrected chi connectivity index (χ0v) is 17.4. The van der Waals surface area contributed by atoms with Crippen molar-refractivity contribution < 1.29 is 14.0 Å². The van der Waals surface area contributed by atoms with Crippen LogP contribution in [0, 0.1) is 18.2 Å². The van der Waals surface area contributed by atoms with Gasteiger partial charge in [0.05, 0.1) is 16.1 Å². The Labute approximate surface area is 175 Å². The summed E-state index contributed by atoms with van der Waals surface area (Å²) in [5, 5.41) is 6.23. The number of nitrogens with zero attached hydrogens (tertiary/aromatic N) is 1. The third kappa shape index (κ3) is 5.26. The average molecular weight is 418 g/mol. The molecule has 2 N–H and O–H groups in total. The van der Waals surface area contributed by atoms with E-state index in [2.05, 4.69) is 10.6 Å². The van der Waals surface area contributed by atoms with Crippen LogP contribution in [-0.4, -0.2) is 29.9 Å². The van der Waals surface area contributed by atoms with Crippen molar-refractivity contribution in [3.05, 3.63) is 64.4 Å². The van der Waals surface area contributed by atoms with Gasteiger partial charge in [-0.25, -0.2) is 9.18 Å². The first-order valence-electron chi connectivity index (χ1n) is 9.62. The summed E-state index contributed by atoms with van der Waals surface area (Å²) < 4.78 is 13.0. The highest BCUT2D eigenvalue weighted by Crippen LogP contribution is 2.31. The molecule has 154 valence electrons. The van der Waals surface area contributed by atoms with Crippen LogP contribution < -0.4 is 10.6 Å². The molecule has 3 rings (SSSR count).